The first-order valence-electron chi connectivity index (χ1n) is 7.82. The Kier molecular flexibility index (Phi) is 6.07. The van der Waals surface area contributed by atoms with Crippen molar-refractivity contribution in [3.63, 3.8) is 0 Å². The number of rotatable bonds is 7. The van der Waals surface area contributed by atoms with Crippen molar-refractivity contribution in [2.45, 2.75) is 24.8 Å². The molecule has 0 aliphatic rings. The maximum Gasteiger partial charge on any atom is 0.241 e. The molecule has 1 atom stereocenters. The van der Waals surface area contributed by atoms with E-state index in [4.69, 9.17) is 0 Å². The van der Waals surface area contributed by atoms with Crippen LogP contribution in [0.3, 0.4) is 0 Å². The number of sulfonamides is 1. The summed E-state index contributed by atoms with van der Waals surface area (Å²) in [5, 5.41) is 10.7. The Balaban J connectivity index is 2.15. The molecule has 136 valence electrons. The molecule has 0 fully saturated rings. The molecule has 26 heavy (non-hydrogen) atoms. The van der Waals surface area contributed by atoms with Crippen molar-refractivity contribution in [3.8, 4) is 0 Å². The van der Waals surface area contributed by atoms with E-state index in [0.29, 0.717) is 5.56 Å². The molecule has 0 saturated carbocycles. The standard InChI is InChI=1S/C19H19NO5S/c1-13-5-3-4-6-15(13)9-12-18(21)16-7-10-17(11-8-16)26(24,25)20-14(2)19(22)23/h3-12,14,20H,1-2H3,(H,22,23)/p-1/b12-9+/t14-/m0/s1. The Bertz CT molecular complexity index is 946. The molecule has 7 heteroatoms. The van der Waals surface area contributed by atoms with Crippen LogP contribution in [0.25, 0.3) is 6.08 Å². The molecule has 0 heterocycles. The minimum absolute atomic E-state index is 0.134. The van der Waals surface area contributed by atoms with Gasteiger partial charge in [-0.25, -0.2) is 13.1 Å². The third-order valence-electron chi connectivity index (χ3n) is 3.74. The monoisotopic (exact) mass is 372 g/mol. The second kappa shape index (κ2) is 8.07. The normalized spacial score (nSPS) is 12.8. The molecule has 1 N–H and O–H groups in total. The Morgan fingerprint density at radius 2 is 1.69 bits per heavy atom. The van der Waals surface area contributed by atoms with Crippen LogP contribution < -0.4 is 9.83 Å². The number of aryl methyl sites for hydroxylation is 1. The van der Waals surface area contributed by atoms with E-state index in [9.17, 15) is 23.1 Å². The summed E-state index contributed by atoms with van der Waals surface area (Å²) >= 11 is 0. The van der Waals surface area contributed by atoms with Crippen molar-refractivity contribution in [2.24, 2.45) is 0 Å². The van der Waals surface area contributed by atoms with Crippen LogP contribution in [0.15, 0.2) is 59.5 Å². The van der Waals surface area contributed by atoms with Gasteiger partial charge >= 0.3 is 0 Å². The fourth-order valence-corrected chi connectivity index (χ4v) is 3.37. The zero-order valence-electron chi connectivity index (χ0n) is 14.3. The molecule has 0 spiro atoms. The van der Waals surface area contributed by atoms with Gasteiger partial charge in [0.1, 0.15) is 0 Å². The first-order chi connectivity index (χ1) is 12.2. The lowest BCUT2D eigenvalue weighted by molar-refractivity contribution is -0.307. The molecule has 0 amide bonds. The number of benzene rings is 2. The van der Waals surface area contributed by atoms with E-state index in [1.54, 1.807) is 6.08 Å². The van der Waals surface area contributed by atoms with Crippen molar-refractivity contribution in [3.05, 3.63) is 71.3 Å². The number of hydrogen-bond donors (Lipinski definition) is 1. The fraction of sp³-hybridized carbons (Fsp3) is 0.158. The molecule has 0 aliphatic carbocycles. The number of carboxylic acids is 1. The van der Waals surface area contributed by atoms with Crippen molar-refractivity contribution in [1.82, 2.24) is 4.72 Å². The van der Waals surface area contributed by atoms with Gasteiger partial charge in [-0.05, 0) is 55.3 Å². The van der Waals surface area contributed by atoms with Gasteiger partial charge in [0.05, 0.1) is 16.9 Å². The third kappa shape index (κ3) is 4.87. The van der Waals surface area contributed by atoms with Crippen LogP contribution in [0.4, 0.5) is 0 Å². The quantitative estimate of drug-likeness (QED) is 0.583. The first kappa shape index (κ1) is 19.6. The maximum atomic E-state index is 12.2. The van der Waals surface area contributed by atoms with Crippen LogP contribution >= 0.6 is 0 Å². The molecule has 0 radical (unpaired) electrons. The van der Waals surface area contributed by atoms with Gasteiger partial charge in [0, 0.05) is 5.56 Å². The molecular weight excluding hydrogens is 354 g/mol. The lowest BCUT2D eigenvalue weighted by Gasteiger charge is -2.14. The lowest BCUT2D eigenvalue weighted by Crippen LogP contribution is -2.45. The number of nitrogens with one attached hydrogen (secondary N) is 1. The molecule has 2 rings (SSSR count). The molecule has 0 bridgehead atoms. The smallest absolute Gasteiger partial charge is 0.241 e. The Hall–Kier alpha value is -2.77. The number of allylic oxidation sites excluding steroid dienone is 1. The number of ketones is 1. The summed E-state index contributed by atoms with van der Waals surface area (Å²) in [6.45, 7) is 3.10. The Morgan fingerprint density at radius 1 is 1.08 bits per heavy atom. The highest BCUT2D eigenvalue weighted by Crippen LogP contribution is 2.14. The Morgan fingerprint density at radius 3 is 2.27 bits per heavy atom. The number of carbonyl (C=O) groups is 2. The van der Waals surface area contributed by atoms with Gasteiger partial charge in [0.15, 0.2) is 5.78 Å². The summed E-state index contributed by atoms with van der Waals surface area (Å²) in [5.74, 6) is -1.80. The van der Waals surface area contributed by atoms with E-state index in [0.717, 1.165) is 11.1 Å². The highest BCUT2D eigenvalue weighted by molar-refractivity contribution is 7.89. The van der Waals surface area contributed by atoms with E-state index < -0.39 is 22.0 Å². The lowest BCUT2D eigenvalue weighted by atomic mass is 10.1. The van der Waals surface area contributed by atoms with E-state index in [-0.39, 0.29) is 10.7 Å². The second-order valence-electron chi connectivity index (χ2n) is 5.74. The molecule has 2 aromatic rings. The van der Waals surface area contributed by atoms with Crippen LogP contribution in [0.5, 0.6) is 0 Å². The predicted molar refractivity (Wildman–Crippen MR) is 95.8 cm³/mol. The molecule has 0 aromatic heterocycles. The van der Waals surface area contributed by atoms with Gasteiger partial charge in [-0.1, -0.05) is 30.3 Å². The van der Waals surface area contributed by atoms with Crippen LogP contribution in [0.1, 0.15) is 28.4 Å². The molecular formula is C19H18NO5S-. The van der Waals surface area contributed by atoms with E-state index >= 15 is 0 Å². The largest absolute Gasteiger partial charge is 0.548 e. The highest BCUT2D eigenvalue weighted by atomic mass is 32.2. The fourth-order valence-electron chi connectivity index (χ4n) is 2.18. The van der Waals surface area contributed by atoms with Gasteiger partial charge in [0.25, 0.3) is 0 Å². The summed E-state index contributed by atoms with van der Waals surface area (Å²) in [6, 6.07) is 11.5. The Labute approximate surface area is 152 Å². The zero-order chi connectivity index (χ0) is 19.3. The molecule has 0 unspecified atom stereocenters. The maximum absolute atomic E-state index is 12.2. The van der Waals surface area contributed by atoms with E-state index in [2.05, 4.69) is 0 Å². The summed E-state index contributed by atoms with van der Waals surface area (Å²) in [6.07, 6.45) is 3.12. The zero-order valence-corrected chi connectivity index (χ0v) is 15.1. The van der Waals surface area contributed by atoms with Crippen LogP contribution in [-0.2, 0) is 14.8 Å². The topological polar surface area (TPSA) is 103 Å². The van der Waals surface area contributed by atoms with E-state index in [1.165, 1.54) is 37.3 Å². The SMILES string of the molecule is Cc1ccccc1/C=C/C(=O)c1ccc(S(=O)(=O)N[C@@H](C)C(=O)[O-])cc1. The van der Waals surface area contributed by atoms with Crippen LogP contribution in [-0.4, -0.2) is 26.2 Å². The number of hydrogen-bond acceptors (Lipinski definition) is 5. The first-order valence-corrected chi connectivity index (χ1v) is 9.30. The van der Waals surface area contributed by atoms with Gasteiger partial charge < -0.3 is 9.90 Å². The van der Waals surface area contributed by atoms with Crippen molar-refractivity contribution in [2.75, 3.05) is 0 Å². The van der Waals surface area contributed by atoms with Crippen molar-refractivity contribution < 1.29 is 23.1 Å². The minimum atomic E-state index is -4.01. The molecule has 2 aromatic carbocycles. The summed E-state index contributed by atoms with van der Waals surface area (Å²) in [7, 11) is -4.01. The number of carboxylic acid groups (broad SMARTS) is 1. The summed E-state index contributed by atoms with van der Waals surface area (Å²) < 4.78 is 26.1. The van der Waals surface area contributed by atoms with Gasteiger partial charge in [-0.3, -0.25) is 4.79 Å². The van der Waals surface area contributed by atoms with E-state index in [1.807, 2.05) is 35.9 Å². The van der Waals surface area contributed by atoms with Crippen LogP contribution in [0.2, 0.25) is 0 Å². The van der Waals surface area contributed by atoms with Gasteiger partial charge in [-0.15, -0.1) is 0 Å². The molecule has 0 saturated heterocycles. The second-order valence-corrected chi connectivity index (χ2v) is 7.45. The molecule has 6 nitrogen and oxygen atoms in total. The summed E-state index contributed by atoms with van der Waals surface area (Å²) in [5.41, 5.74) is 2.27. The molecule has 0 aliphatic heterocycles. The highest BCUT2D eigenvalue weighted by Gasteiger charge is 2.18. The van der Waals surface area contributed by atoms with Gasteiger partial charge in [0.2, 0.25) is 10.0 Å². The average molecular weight is 372 g/mol. The number of carbonyl (C=O) groups excluding carboxylic acids is 2. The average Bonchev–Trinajstić information content (AvgIpc) is 2.60. The van der Waals surface area contributed by atoms with Crippen molar-refractivity contribution in [1.29, 1.82) is 0 Å². The van der Waals surface area contributed by atoms with Crippen molar-refractivity contribution >= 4 is 27.9 Å². The third-order valence-corrected chi connectivity index (χ3v) is 5.29. The minimum Gasteiger partial charge on any atom is -0.548 e. The predicted octanol–water partition coefficient (Wildman–Crippen LogP) is 1.31. The van der Waals surface area contributed by atoms with Crippen LogP contribution in [0, 0.1) is 6.92 Å². The summed E-state index contributed by atoms with van der Waals surface area (Å²) in [4.78, 5) is 22.8. The van der Waals surface area contributed by atoms with Gasteiger partial charge in [-0.2, -0.15) is 0 Å². The number of aliphatic carboxylic acids is 1.